The smallest absolute Gasteiger partial charge is 0.332 e. The van der Waals surface area contributed by atoms with Crippen molar-refractivity contribution in [2.45, 2.75) is 25.3 Å². The van der Waals surface area contributed by atoms with Crippen molar-refractivity contribution in [3.63, 3.8) is 0 Å². The molecule has 0 bridgehead atoms. The van der Waals surface area contributed by atoms with Crippen molar-refractivity contribution in [1.29, 1.82) is 0 Å². The van der Waals surface area contributed by atoms with Gasteiger partial charge in [0.2, 0.25) is 0 Å². The van der Waals surface area contributed by atoms with Crippen LogP contribution in [0.5, 0.6) is 0 Å². The Bertz CT molecular complexity index is 985. The molecule has 1 aliphatic heterocycles. The maximum absolute atomic E-state index is 13.0. The number of amides is 1. The molecule has 1 saturated carbocycles. The number of methoxy groups -OCH3 is 1. The van der Waals surface area contributed by atoms with Gasteiger partial charge in [-0.1, -0.05) is 60.7 Å². The summed E-state index contributed by atoms with van der Waals surface area (Å²) in [6, 6.07) is 19.9. The highest BCUT2D eigenvalue weighted by molar-refractivity contribution is 6.08. The Labute approximate surface area is 182 Å². The summed E-state index contributed by atoms with van der Waals surface area (Å²) in [5, 5.41) is 6.29. The van der Waals surface area contributed by atoms with Crippen molar-refractivity contribution >= 4 is 23.7 Å². The molecule has 2 aromatic rings. The SMILES string of the molecule is COCC(=O)OCC(=O)N1N=C2/C(=C/c3ccccc3)CCC[C@H]2[C@@H]1c1ccccc1. The quantitative estimate of drug-likeness (QED) is 0.665. The minimum absolute atomic E-state index is 0.115. The molecule has 0 aromatic heterocycles. The molecule has 0 saturated heterocycles. The van der Waals surface area contributed by atoms with Crippen molar-refractivity contribution in [3.05, 3.63) is 77.4 Å². The average molecular weight is 418 g/mol. The van der Waals surface area contributed by atoms with E-state index in [1.807, 2.05) is 48.5 Å². The van der Waals surface area contributed by atoms with Gasteiger partial charge in [0, 0.05) is 13.0 Å². The molecule has 0 N–H and O–H groups in total. The highest BCUT2D eigenvalue weighted by atomic mass is 16.6. The number of esters is 1. The molecular weight excluding hydrogens is 392 g/mol. The summed E-state index contributed by atoms with van der Waals surface area (Å²) in [6.07, 6.45) is 5.09. The summed E-state index contributed by atoms with van der Waals surface area (Å²) in [6.45, 7) is -0.538. The molecular formula is C25H26N2O4. The summed E-state index contributed by atoms with van der Waals surface area (Å²) in [5.41, 5.74) is 4.27. The van der Waals surface area contributed by atoms with Gasteiger partial charge >= 0.3 is 5.97 Å². The van der Waals surface area contributed by atoms with E-state index in [2.05, 4.69) is 18.2 Å². The second-order valence-corrected chi connectivity index (χ2v) is 7.75. The Morgan fingerprint density at radius 3 is 2.48 bits per heavy atom. The summed E-state index contributed by atoms with van der Waals surface area (Å²) in [7, 11) is 1.41. The van der Waals surface area contributed by atoms with Crippen LogP contribution in [-0.4, -0.2) is 42.9 Å². The van der Waals surface area contributed by atoms with Gasteiger partial charge in [0.1, 0.15) is 6.61 Å². The van der Waals surface area contributed by atoms with E-state index in [9.17, 15) is 9.59 Å². The Morgan fingerprint density at radius 2 is 1.77 bits per heavy atom. The topological polar surface area (TPSA) is 68.2 Å². The Morgan fingerprint density at radius 1 is 1.06 bits per heavy atom. The van der Waals surface area contributed by atoms with E-state index >= 15 is 0 Å². The summed E-state index contributed by atoms with van der Waals surface area (Å²) < 4.78 is 9.84. The number of ether oxygens (including phenoxy) is 2. The van der Waals surface area contributed by atoms with Gasteiger partial charge in [-0.3, -0.25) is 4.79 Å². The molecule has 160 valence electrons. The zero-order chi connectivity index (χ0) is 21.6. The van der Waals surface area contributed by atoms with Gasteiger partial charge in [-0.25, -0.2) is 9.80 Å². The van der Waals surface area contributed by atoms with Crippen LogP contribution in [0.4, 0.5) is 0 Å². The van der Waals surface area contributed by atoms with Gasteiger partial charge in [-0.05, 0) is 42.0 Å². The number of rotatable bonds is 6. The number of hydrogen-bond acceptors (Lipinski definition) is 5. The number of hydrazone groups is 1. The first kappa shape index (κ1) is 21.0. The zero-order valence-corrected chi connectivity index (χ0v) is 17.6. The van der Waals surface area contributed by atoms with E-state index in [0.717, 1.165) is 41.7 Å². The fraction of sp³-hybridized carbons (Fsp3) is 0.320. The number of benzene rings is 2. The minimum Gasteiger partial charge on any atom is -0.454 e. The van der Waals surface area contributed by atoms with Crippen LogP contribution < -0.4 is 0 Å². The third-order valence-corrected chi connectivity index (χ3v) is 5.66. The van der Waals surface area contributed by atoms with Crippen LogP contribution >= 0.6 is 0 Å². The van der Waals surface area contributed by atoms with Gasteiger partial charge in [0.05, 0.1) is 11.8 Å². The van der Waals surface area contributed by atoms with Gasteiger partial charge < -0.3 is 9.47 Å². The van der Waals surface area contributed by atoms with Crippen LogP contribution in [0, 0.1) is 5.92 Å². The second kappa shape index (κ2) is 9.71. The molecule has 2 atom stereocenters. The summed E-state index contributed by atoms with van der Waals surface area (Å²) in [4.78, 5) is 24.7. The van der Waals surface area contributed by atoms with E-state index in [-0.39, 0.29) is 31.1 Å². The van der Waals surface area contributed by atoms with Crippen LogP contribution in [0.3, 0.4) is 0 Å². The molecule has 0 unspecified atom stereocenters. The third kappa shape index (κ3) is 4.75. The molecule has 4 rings (SSSR count). The minimum atomic E-state index is -0.568. The van der Waals surface area contributed by atoms with Gasteiger partial charge in [0.25, 0.3) is 5.91 Å². The first-order chi connectivity index (χ1) is 15.2. The fourth-order valence-corrected chi connectivity index (χ4v) is 4.31. The van der Waals surface area contributed by atoms with Crippen molar-refractivity contribution in [1.82, 2.24) is 5.01 Å². The van der Waals surface area contributed by atoms with Crippen LogP contribution in [0.1, 0.15) is 36.4 Å². The lowest BCUT2D eigenvalue weighted by atomic mass is 9.77. The number of fused-ring (bicyclic) bond motifs is 1. The number of hydrogen-bond donors (Lipinski definition) is 0. The monoisotopic (exact) mass is 418 g/mol. The summed E-state index contributed by atoms with van der Waals surface area (Å²) >= 11 is 0. The van der Waals surface area contributed by atoms with E-state index in [4.69, 9.17) is 14.6 Å². The van der Waals surface area contributed by atoms with Crippen LogP contribution in [-0.2, 0) is 19.1 Å². The summed E-state index contributed by atoms with van der Waals surface area (Å²) in [5.74, 6) is -0.787. The largest absolute Gasteiger partial charge is 0.454 e. The van der Waals surface area contributed by atoms with E-state index < -0.39 is 5.97 Å². The fourth-order valence-electron chi connectivity index (χ4n) is 4.31. The van der Waals surface area contributed by atoms with Crippen molar-refractivity contribution in [3.8, 4) is 0 Å². The number of carbonyl (C=O) groups is 2. The number of allylic oxidation sites excluding steroid dienone is 1. The Hall–Kier alpha value is -3.25. The molecule has 0 spiro atoms. The van der Waals surface area contributed by atoms with Gasteiger partial charge in [0.15, 0.2) is 6.61 Å². The van der Waals surface area contributed by atoms with Gasteiger partial charge in [-0.2, -0.15) is 5.10 Å². The molecule has 1 aliphatic carbocycles. The highest BCUT2D eigenvalue weighted by Gasteiger charge is 2.43. The van der Waals surface area contributed by atoms with Gasteiger partial charge in [-0.15, -0.1) is 0 Å². The van der Waals surface area contributed by atoms with Crippen molar-refractivity contribution in [2.24, 2.45) is 11.0 Å². The molecule has 1 fully saturated rings. The van der Waals surface area contributed by atoms with E-state index in [1.54, 1.807) is 0 Å². The lowest BCUT2D eigenvalue weighted by molar-refractivity contribution is -0.155. The predicted molar refractivity (Wildman–Crippen MR) is 118 cm³/mol. The maximum Gasteiger partial charge on any atom is 0.332 e. The van der Waals surface area contributed by atoms with Crippen LogP contribution in [0.2, 0.25) is 0 Å². The molecule has 1 amide bonds. The predicted octanol–water partition coefficient (Wildman–Crippen LogP) is 4.00. The molecule has 2 aliphatic rings. The van der Waals surface area contributed by atoms with Crippen molar-refractivity contribution < 1.29 is 19.1 Å². The molecule has 1 heterocycles. The molecule has 6 nitrogen and oxygen atoms in total. The normalized spacial score (nSPS) is 21.5. The Balaban J connectivity index is 1.64. The standard InChI is InChI=1S/C25H26N2O4/c1-30-17-23(29)31-16-22(28)27-25(19-11-6-3-7-12-19)21-14-8-13-20(24(21)26-27)15-18-9-4-2-5-10-18/h2-7,9-12,15,21,25H,8,13-14,16-17H2,1H3/b20-15+/t21-,25+/m1/s1. The Kier molecular flexibility index (Phi) is 6.57. The third-order valence-electron chi connectivity index (χ3n) is 5.66. The van der Waals surface area contributed by atoms with Crippen LogP contribution in [0.15, 0.2) is 71.3 Å². The van der Waals surface area contributed by atoms with Crippen molar-refractivity contribution in [2.75, 3.05) is 20.3 Å². The first-order valence-electron chi connectivity index (χ1n) is 10.5. The lowest BCUT2D eigenvalue weighted by Crippen LogP contribution is -2.34. The molecule has 31 heavy (non-hydrogen) atoms. The maximum atomic E-state index is 13.0. The molecule has 2 aromatic carbocycles. The second-order valence-electron chi connectivity index (χ2n) is 7.75. The zero-order valence-electron chi connectivity index (χ0n) is 17.6. The molecule has 0 radical (unpaired) electrons. The highest BCUT2D eigenvalue weighted by Crippen LogP contribution is 2.44. The van der Waals surface area contributed by atoms with E-state index in [1.165, 1.54) is 12.1 Å². The molecule has 6 heteroatoms. The number of nitrogens with zero attached hydrogens (tertiary/aromatic N) is 2. The number of carbonyl (C=O) groups excluding carboxylic acids is 2. The van der Waals surface area contributed by atoms with E-state index in [0.29, 0.717) is 0 Å². The van der Waals surface area contributed by atoms with Crippen LogP contribution in [0.25, 0.3) is 6.08 Å². The average Bonchev–Trinajstić information content (AvgIpc) is 3.20. The lowest BCUT2D eigenvalue weighted by Gasteiger charge is -2.29. The first-order valence-corrected chi connectivity index (χ1v) is 10.5.